The summed E-state index contributed by atoms with van der Waals surface area (Å²) in [5.41, 5.74) is 1.82. The standard InChI is InChI=1S/C25H26FN3O4S/c26-20-6-8-22(9-7-20)32-16-23-27-21(18-34-23)14-25(31)33-17-24(30)29-12-10-28(11-13-29)15-19-4-2-1-3-5-19/h1-9,18H,10-17H2. The molecule has 0 saturated carbocycles. The van der Waals surface area contributed by atoms with E-state index in [-0.39, 0.29) is 31.4 Å². The van der Waals surface area contributed by atoms with Crippen LogP contribution in [0.2, 0.25) is 0 Å². The number of carbonyl (C=O) groups is 2. The third-order valence-electron chi connectivity index (χ3n) is 5.43. The first-order valence-corrected chi connectivity index (χ1v) is 11.9. The van der Waals surface area contributed by atoms with Crippen molar-refractivity contribution in [1.29, 1.82) is 0 Å². The molecule has 0 aliphatic carbocycles. The van der Waals surface area contributed by atoms with Crippen molar-refractivity contribution in [3.63, 3.8) is 0 Å². The summed E-state index contributed by atoms with van der Waals surface area (Å²) in [6.45, 7) is 3.64. The molecule has 34 heavy (non-hydrogen) atoms. The number of nitrogens with zero attached hydrogens (tertiary/aromatic N) is 3. The van der Waals surface area contributed by atoms with Gasteiger partial charge in [0.2, 0.25) is 0 Å². The molecule has 3 aromatic rings. The number of rotatable bonds is 9. The van der Waals surface area contributed by atoms with Crippen molar-refractivity contribution in [2.24, 2.45) is 0 Å². The summed E-state index contributed by atoms with van der Waals surface area (Å²) in [6, 6.07) is 16.0. The smallest absolute Gasteiger partial charge is 0.312 e. The van der Waals surface area contributed by atoms with Gasteiger partial charge in [-0.05, 0) is 29.8 Å². The number of benzene rings is 2. The lowest BCUT2D eigenvalue weighted by atomic mass is 10.2. The Balaban J connectivity index is 1.14. The predicted molar refractivity (Wildman–Crippen MR) is 126 cm³/mol. The average Bonchev–Trinajstić information content (AvgIpc) is 3.30. The molecule has 7 nitrogen and oxygen atoms in total. The summed E-state index contributed by atoms with van der Waals surface area (Å²) in [6.07, 6.45) is -0.00875. The van der Waals surface area contributed by atoms with E-state index >= 15 is 0 Å². The fraction of sp³-hybridized carbons (Fsp3) is 0.320. The van der Waals surface area contributed by atoms with Crippen LogP contribution in [-0.2, 0) is 33.9 Å². The molecule has 0 unspecified atom stereocenters. The fourth-order valence-corrected chi connectivity index (χ4v) is 4.31. The van der Waals surface area contributed by atoms with E-state index in [9.17, 15) is 14.0 Å². The molecule has 0 atom stereocenters. The maximum Gasteiger partial charge on any atom is 0.312 e. The van der Waals surface area contributed by atoms with Gasteiger partial charge < -0.3 is 14.4 Å². The van der Waals surface area contributed by atoms with Crippen LogP contribution < -0.4 is 4.74 Å². The summed E-state index contributed by atoms with van der Waals surface area (Å²) in [4.78, 5) is 33.0. The number of hydrogen-bond acceptors (Lipinski definition) is 7. The second-order valence-electron chi connectivity index (χ2n) is 7.96. The van der Waals surface area contributed by atoms with E-state index in [1.165, 1.54) is 29.0 Å². The molecule has 0 bridgehead atoms. The first kappa shape index (κ1) is 23.8. The highest BCUT2D eigenvalue weighted by atomic mass is 32.1. The third kappa shape index (κ3) is 7.10. The number of esters is 1. The molecule has 1 aliphatic heterocycles. The highest BCUT2D eigenvalue weighted by Crippen LogP contribution is 2.16. The maximum absolute atomic E-state index is 12.9. The summed E-state index contributed by atoms with van der Waals surface area (Å²) < 4.78 is 23.7. The van der Waals surface area contributed by atoms with Gasteiger partial charge in [-0.3, -0.25) is 14.5 Å². The van der Waals surface area contributed by atoms with Gasteiger partial charge in [0.15, 0.2) is 6.61 Å². The molecule has 9 heteroatoms. The topological polar surface area (TPSA) is 72.0 Å². The number of ether oxygens (including phenoxy) is 2. The van der Waals surface area contributed by atoms with E-state index in [4.69, 9.17) is 9.47 Å². The van der Waals surface area contributed by atoms with Gasteiger partial charge in [0.05, 0.1) is 12.1 Å². The van der Waals surface area contributed by atoms with E-state index in [2.05, 4.69) is 22.0 Å². The molecule has 1 fully saturated rings. The second-order valence-corrected chi connectivity index (χ2v) is 8.90. The highest BCUT2D eigenvalue weighted by molar-refractivity contribution is 7.09. The van der Waals surface area contributed by atoms with Gasteiger partial charge >= 0.3 is 5.97 Å². The molecular weight excluding hydrogens is 457 g/mol. The Morgan fingerprint density at radius 3 is 2.47 bits per heavy atom. The summed E-state index contributed by atoms with van der Waals surface area (Å²) in [7, 11) is 0. The Morgan fingerprint density at radius 1 is 1.00 bits per heavy atom. The zero-order valence-electron chi connectivity index (χ0n) is 18.7. The molecular formula is C25H26FN3O4S. The Labute approximate surface area is 201 Å². The highest BCUT2D eigenvalue weighted by Gasteiger charge is 2.22. The normalized spacial score (nSPS) is 14.1. The van der Waals surface area contributed by atoms with Crippen molar-refractivity contribution in [1.82, 2.24) is 14.8 Å². The Morgan fingerprint density at radius 2 is 1.74 bits per heavy atom. The minimum atomic E-state index is -0.493. The van der Waals surface area contributed by atoms with Gasteiger partial charge in [0, 0.05) is 38.1 Å². The predicted octanol–water partition coefficient (Wildman–Crippen LogP) is 3.29. The Bertz CT molecular complexity index is 1080. The van der Waals surface area contributed by atoms with Crippen LogP contribution in [-0.4, -0.2) is 59.4 Å². The van der Waals surface area contributed by atoms with Crippen LogP contribution in [0.4, 0.5) is 4.39 Å². The number of amides is 1. The van der Waals surface area contributed by atoms with Crippen LogP contribution >= 0.6 is 11.3 Å². The van der Waals surface area contributed by atoms with E-state index in [0.29, 0.717) is 29.5 Å². The molecule has 4 rings (SSSR count). The number of hydrogen-bond donors (Lipinski definition) is 0. The van der Waals surface area contributed by atoms with Crippen molar-refractivity contribution >= 4 is 23.2 Å². The molecule has 2 heterocycles. The zero-order chi connectivity index (χ0) is 23.8. The third-order valence-corrected chi connectivity index (χ3v) is 6.30. The van der Waals surface area contributed by atoms with Crippen LogP contribution in [0.25, 0.3) is 0 Å². The van der Waals surface area contributed by atoms with Crippen molar-refractivity contribution in [3.05, 3.63) is 82.1 Å². The van der Waals surface area contributed by atoms with E-state index < -0.39 is 5.97 Å². The average molecular weight is 484 g/mol. The van der Waals surface area contributed by atoms with Gasteiger partial charge in [-0.25, -0.2) is 9.37 Å². The minimum absolute atomic E-state index is 0.00875. The van der Waals surface area contributed by atoms with E-state index in [1.54, 1.807) is 22.4 Å². The van der Waals surface area contributed by atoms with Crippen molar-refractivity contribution in [2.45, 2.75) is 19.6 Å². The number of halogens is 1. The monoisotopic (exact) mass is 483 g/mol. The Hall–Kier alpha value is -3.30. The first-order chi connectivity index (χ1) is 16.5. The van der Waals surface area contributed by atoms with Gasteiger partial charge in [0.1, 0.15) is 23.2 Å². The lowest BCUT2D eigenvalue weighted by Gasteiger charge is -2.34. The number of carbonyl (C=O) groups excluding carboxylic acids is 2. The Kier molecular flexibility index (Phi) is 8.21. The molecule has 1 amide bonds. The molecule has 178 valence electrons. The summed E-state index contributed by atoms with van der Waals surface area (Å²) in [5, 5.41) is 2.45. The first-order valence-electron chi connectivity index (χ1n) is 11.1. The van der Waals surface area contributed by atoms with Crippen LogP contribution in [0, 0.1) is 5.82 Å². The maximum atomic E-state index is 12.9. The van der Waals surface area contributed by atoms with E-state index in [0.717, 1.165) is 19.6 Å². The largest absolute Gasteiger partial charge is 0.486 e. The molecule has 0 spiro atoms. The van der Waals surface area contributed by atoms with Gasteiger partial charge in [-0.15, -0.1) is 11.3 Å². The van der Waals surface area contributed by atoms with Gasteiger partial charge in [-0.1, -0.05) is 30.3 Å². The van der Waals surface area contributed by atoms with Crippen LogP contribution in [0.3, 0.4) is 0 Å². The zero-order valence-corrected chi connectivity index (χ0v) is 19.5. The van der Waals surface area contributed by atoms with Gasteiger partial charge in [0.25, 0.3) is 5.91 Å². The summed E-state index contributed by atoms with van der Waals surface area (Å²) >= 11 is 1.36. The molecule has 0 N–H and O–H groups in total. The minimum Gasteiger partial charge on any atom is -0.486 e. The molecule has 0 radical (unpaired) electrons. The number of thiazole rings is 1. The summed E-state index contributed by atoms with van der Waals surface area (Å²) in [5.74, 6) is -0.463. The quantitative estimate of drug-likeness (QED) is 0.435. The lowest BCUT2D eigenvalue weighted by molar-refractivity contribution is -0.152. The molecule has 1 aromatic heterocycles. The van der Waals surface area contributed by atoms with Crippen molar-refractivity contribution in [3.8, 4) is 5.75 Å². The second kappa shape index (κ2) is 11.7. The van der Waals surface area contributed by atoms with Crippen LogP contribution in [0.1, 0.15) is 16.3 Å². The van der Waals surface area contributed by atoms with Crippen molar-refractivity contribution in [2.75, 3.05) is 32.8 Å². The number of aromatic nitrogens is 1. The fourth-order valence-electron chi connectivity index (χ4n) is 3.60. The van der Waals surface area contributed by atoms with Crippen molar-refractivity contribution < 1.29 is 23.5 Å². The lowest BCUT2D eigenvalue weighted by Crippen LogP contribution is -2.49. The van der Waals surface area contributed by atoms with Crippen LogP contribution in [0.15, 0.2) is 60.0 Å². The molecule has 1 saturated heterocycles. The molecule has 1 aliphatic rings. The van der Waals surface area contributed by atoms with Crippen LogP contribution in [0.5, 0.6) is 5.75 Å². The van der Waals surface area contributed by atoms with E-state index in [1.807, 2.05) is 18.2 Å². The number of piperazine rings is 1. The SMILES string of the molecule is O=C(Cc1csc(COc2ccc(F)cc2)n1)OCC(=O)N1CCN(Cc2ccccc2)CC1. The molecule has 2 aromatic carbocycles. The van der Waals surface area contributed by atoms with Gasteiger partial charge in [-0.2, -0.15) is 0 Å².